The number of hydrogen-bond donors (Lipinski definition) is 6. The van der Waals surface area contributed by atoms with E-state index < -0.39 is 49.0 Å². The minimum absolute atomic E-state index is 0.317. The lowest BCUT2D eigenvalue weighted by Gasteiger charge is -2.40. The molecule has 0 amide bonds. The second kappa shape index (κ2) is 9.21. The maximum atomic E-state index is 10.3. The van der Waals surface area contributed by atoms with Crippen LogP contribution in [0, 0.1) is 0 Å². The Morgan fingerprint density at radius 1 is 1.21 bits per heavy atom. The summed E-state index contributed by atoms with van der Waals surface area (Å²) < 4.78 is 10.4. The lowest BCUT2D eigenvalue weighted by atomic mass is 9.93. The Morgan fingerprint density at radius 2 is 1.83 bits per heavy atom. The van der Waals surface area contributed by atoms with Crippen LogP contribution in [0.25, 0.3) is 0 Å². The summed E-state index contributed by atoms with van der Waals surface area (Å²) in [5, 5.41) is 58.7. The zero-order valence-electron chi connectivity index (χ0n) is 14.4. The van der Waals surface area contributed by atoms with Crippen LogP contribution in [-0.2, 0) is 9.47 Å². The van der Waals surface area contributed by atoms with Gasteiger partial charge < -0.3 is 40.1 Å². The van der Waals surface area contributed by atoms with Crippen LogP contribution in [0.15, 0.2) is 11.6 Å². The molecule has 6 N–H and O–H groups in total. The normalized spacial score (nSPS) is 34.5. The number of aliphatic hydroxyl groups excluding tert-OH is 5. The van der Waals surface area contributed by atoms with E-state index in [1.807, 2.05) is 19.9 Å². The topological polar surface area (TPSA) is 140 Å². The minimum Gasteiger partial charge on any atom is -0.394 e. The average Bonchev–Trinajstić information content (AvgIpc) is 2.51. The quantitative estimate of drug-likeness (QED) is 0.296. The Kier molecular flexibility index (Phi) is 8.24. The van der Waals surface area contributed by atoms with Gasteiger partial charge in [0.05, 0.1) is 18.8 Å². The van der Waals surface area contributed by atoms with Crippen LogP contribution in [0.3, 0.4) is 0 Å². The Balaban J connectivity index is 2.55. The van der Waals surface area contributed by atoms with Gasteiger partial charge in [0.25, 0.3) is 0 Å². The molecule has 1 aliphatic rings. The smallest absolute Gasteiger partial charge is 0.186 e. The van der Waals surface area contributed by atoms with Gasteiger partial charge in [-0.2, -0.15) is 0 Å². The fraction of sp³-hybridized carbons (Fsp3) is 0.875. The lowest BCUT2D eigenvalue weighted by molar-refractivity contribution is -0.307. The third kappa shape index (κ3) is 5.75. The van der Waals surface area contributed by atoms with E-state index in [9.17, 15) is 25.5 Å². The number of rotatable bonds is 8. The molecule has 0 bridgehead atoms. The van der Waals surface area contributed by atoms with Crippen molar-refractivity contribution >= 4 is 0 Å². The molecule has 0 aromatic rings. The van der Waals surface area contributed by atoms with E-state index in [0.717, 1.165) is 5.57 Å². The summed E-state index contributed by atoms with van der Waals surface area (Å²) in [6, 6.07) is 0. The molecule has 2 unspecified atom stereocenters. The van der Waals surface area contributed by atoms with E-state index >= 15 is 0 Å². The highest BCUT2D eigenvalue weighted by molar-refractivity contribution is 4.95. The first-order chi connectivity index (χ1) is 11.1. The van der Waals surface area contributed by atoms with Gasteiger partial charge in [0, 0.05) is 0 Å². The number of hydrogen-bond acceptors (Lipinski definition) is 8. The summed E-state index contributed by atoms with van der Waals surface area (Å²) in [7, 11) is 0. The molecule has 8 heteroatoms. The van der Waals surface area contributed by atoms with Crippen LogP contribution in [0.4, 0.5) is 0 Å². The van der Waals surface area contributed by atoms with Crippen molar-refractivity contribution in [1.82, 2.24) is 0 Å². The first-order valence-electron chi connectivity index (χ1n) is 8.06. The number of aliphatic hydroxyl groups is 6. The Bertz CT molecular complexity index is 405. The van der Waals surface area contributed by atoms with Crippen molar-refractivity contribution in [3.05, 3.63) is 11.6 Å². The van der Waals surface area contributed by atoms with Crippen LogP contribution in [0.1, 0.15) is 33.6 Å². The molecule has 0 aliphatic carbocycles. The van der Waals surface area contributed by atoms with Gasteiger partial charge in [0.1, 0.15) is 30.5 Å². The molecule has 1 fully saturated rings. The molecule has 142 valence electrons. The van der Waals surface area contributed by atoms with Crippen LogP contribution >= 0.6 is 0 Å². The Labute approximate surface area is 142 Å². The van der Waals surface area contributed by atoms with E-state index in [1.165, 1.54) is 6.92 Å². The van der Waals surface area contributed by atoms with Gasteiger partial charge >= 0.3 is 0 Å². The second-order valence-electron chi connectivity index (χ2n) is 6.72. The first kappa shape index (κ1) is 21.5. The molecule has 1 saturated heterocycles. The van der Waals surface area contributed by atoms with Gasteiger partial charge in [0.2, 0.25) is 0 Å². The number of allylic oxidation sites excluding steroid dienone is 2. The largest absolute Gasteiger partial charge is 0.394 e. The third-order valence-electron chi connectivity index (χ3n) is 4.19. The second-order valence-corrected chi connectivity index (χ2v) is 6.72. The van der Waals surface area contributed by atoms with E-state index in [-0.39, 0.29) is 6.61 Å². The molecule has 24 heavy (non-hydrogen) atoms. The molecule has 0 saturated carbocycles. The van der Waals surface area contributed by atoms with Crippen molar-refractivity contribution < 1.29 is 40.1 Å². The predicted molar refractivity (Wildman–Crippen MR) is 85.0 cm³/mol. The fourth-order valence-corrected chi connectivity index (χ4v) is 2.39. The molecule has 0 radical (unpaired) electrons. The number of ether oxygens (including phenoxy) is 2. The van der Waals surface area contributed by atoms with Crippen LogP contribution < -0.4 is 0 Å². The molecule has 0 spiro atoms. The lowest BCUT2D eigenvalue weighted by Crippen LogP contribution is -2.59. The summed E-state index contributed by atoms with van der Waals surface area (Å²) in [6.07, 6.45) is -5.35. The molecular weight excluding hydrogens is 320 g/mol. The molecular formula is C16H30O8. The zero-order chi connectivity index (χ0) is 18.5. The van der Waals surface area contributed by atoms with Crippen molar-refractivity contribution in [3.8, 4) is 0 Å². The molecule has 8 nitrogen and oxygen atoms in total. The molecule has 1 heterocycles. The van der Waals surface area contributed by atoms with Gasteiger partial charge in [-0.1, -0.05) is 11.6 Å². The third-order valence-corrected chi connectivity index (χ3v) is 4.19. The molecule has 7 atom stereocenters. The Morgan fingerprint density at radius 3 is 2.38 bits per heavy atom. The van der Waals surface area contributed by atoms with Crippen molar-refractivity contribution in [1.29, 1.82) is 0 Å². The summed E-state index contributed by atoms with van der Waals surface area (Å²) in [6.45, 7) is 4.45. The summed E-state index contributed by atoms with van der Waals surface area (Å²) >= 11 is 0. The zero-order valence-corrected chi connectivity index (χ0v) is 14.4. The van der Waals surface area contributed by atoms with Crippen molar-refractivity contribution in [3.63, 3.8) is 0 Å². The van der Waals surface area contributed by atoms with Gasteiger partial charge in [-0.05, 0) is 33.6 Å². The molecule has 0 aromatic carbocycles. The standard InChI is InChI=1S/C16H30O8/c1-9(2)5-4-6-16(3,22)11(18)8-23-15-14(21)13(20)12(19)10(7-17)24-15/h5,10-15,17-22H,4,6-8H2,1-3H3/t10-,11?,12-,13+,14-,15-,16?/m1/s1. The predicted octanol–water partition coefficient (Wildman–Crippen LogP) is -1.34. The SMILES string of the molecule is CC(C)=CCCC(C)(O)C(O)CO[C@@H]1O[C@H](CO)[C@@H](O)[C@H](O)[C@H]1O. The molecule has 0 aromatic heterocycles. The van der Waals surface area contributed by atoms with Gasteiger partial charge in [-0.3, -0.25) is 0 Å². The highest BCUT2D eigenvalue weighted by Crippen LogP contribution is 2.24. The van der Waals surface area contributed by atoms with Gasteiger partial charge in [-0.25, -0.2) is 0 Å². The first-order valence-corrected chi connectivity index (χ1v) is 8.06. The van der Waals surface area contributed by atoms with Gasteiger partial charge in [0.15, 0.2) is 6.29 Å². The van der Waals surface area contributed by atoms with E-state index in [4.69, 9.17) is 14.6 Å². The fourth-order valence-electron chi connectivity index (χ4n) is 2.39. The van der Waals surface area contributed by atoms with Crippen molar-refractivity contribution in [2.75, 3.05) is 13.2 Å². The summed E-state index contributed by atoms with van der Waals surface area (Å²) in [4.78, 5) is 0. The van der Waals surface area contributed by atoms with E-state index in [2.05, 4.69) is 0 Å². The minimum atomic E-state index is -1.55. The van der Waals surface area contributed by atoms with Crippen molar-refractivity contribution in [2.24, 2.45) is 0 Å². The van der Waals surface area contributed by atoms with Crippen LogP contribution in [0.2, 0.25) is 0 Å². The molecule has 1 aliphatic heterocycles. The van der Waals surface area contributed by atoms with Gasteiger partial charge in [-0.15, -0.1) is 0 Å². The van der Waals surface area contributed by atoms with Crippen LogP contribution in [-0.4, -0.2) is 86.3 Å². The Hall–Kier alpha value is -0.580. The molecule has 1 rings (SSSR count). The summed E-state index contributed by atoms with van der Waals surface area (Å²) in [5.41, 5.74) is -0.294. The van der Waals surface area contributed by atoms with E-state index in [0.29, 0.717) is 12.8 Å². The van der Waals surface area contributed by atoms with Crippen molar-refractivity contribution in [2.45, 2.75) is 76.0 Å². The monoisotopic (exact) mass is 350 g/mol. The highest BCUT2D eigenvalue weighted by Gasteiger charge is 2.44. The maximum Gasteiger partial charge on any atom is 0.186 e. The highest BCUT2D eigenvalue weighted by atomic mass is 16.7. The van der Waals surface area contributed by atoms with Crippen LogP contribution in [0.5, 0.6) is 0 Å². The average molecular weight is 350 g/mol. The summed E-state index contributed by atoms with van der Waals surface area (Å²) in [5.74, 6) is 0. The van der Waals surface area contributed by atoms with E-state index in [1.54, 1.807) is 0 Å². The maximum absolute atomic E-state index is 10.3.